The molecule has 0 N–H and O–H groups in total. The summed E-state index contributed by atoms with van der Waals surface area (Å²) in [5, 5.41) is 0. The number of hydrogen-bond donors (Lipinski definition) is 0. The lowest BCUT2D eigenvalue weighted by Crippen LogP contribution is -2.35. The minimum atomic E-state index is -5.10. The van der Waals surface area contributed by atoms with Crippen molar-refractivity contribution in [2.45, 2.75) is 12.4 Å². The molecule has 0 saturated heterocycles. The Morgan fingerprint density at radius 3 is 1.32 bits per heavy atom. The molecule has 2 aromatic carbocycles. The Labute approximate surface area is 152 Å². The molecule has 2 aromatic rings. The molecule has 0 aliphatic heterocycles. The normalized spacial score (nSPS) is 12.0. The van der Waals surface area contributed by atoms with Crippen LogP contribution in [0.15, 0.2) is 36.4 Å². The highest BCUT2D eigenvalue weighted by Gasteiger charge is 2.39. The van der Waals surface area contributed by atoms with E-state index in [1.54, 1.807) is 0 Å². The summed E-state index contributed by atoms with van der Waals surface area (Å²) >= 11 is 0. The Bertz CT molecular complexity index is 858. The second-order valence-electron chi connectivity index (χ2n) is 5.54. The van der Waals surface area contributed by atoms with Crippen molar-refractivity contribution in [3.63, 3.8) is 0 Å². The van der Waals surface area contributed by atoms with E-state index in [0.29, 0.717) is 19.2 Å². The van der Waals surface area contributed by atoms with Gasteiger partial charge >= 0.3 is 12.4 Å². The van der Waals surface area contributed by atoms with Gasteiger partial charge in [0.1, 0.15) is 11.6 Å². The molecule has 0 radical (unpaired) electrons. The molecule has 0 fully saturated rings. The maximum atomic E-state index is 13.3. The van der Waals surface area contributed by atoms with E-state index in [0.717, 1.165) is 0 Å². The van der Waals surface area contributed by atoms with Crippen LogP contribution in [-0.4, -0.2) is 23.8 Å². The molecule has 0 heterocycles. The summed E-state index contributed by atoms with van der Waals surface area (Å²) in [7, 11) is 0.598. The Kier molecular flexibility index (Phi) is 5.49. The summed E-state index contributed by atoms with van der Waals surface area (Å²) in [6.45, 7) is 0. The minimum Gasteiger partial charge on any atom is -0.277 e. The molecule has 0 spiro atoms. The highest BCUT2D eigenvalue weighted by Crippen LogP contribution is 2.35. The van der Waals surface area contributed by atoms with E-state index in [4.69, 9.17) is 0 Å². The number of carbonyl (C=O) groups excluding carboxylic acids is 2. The van der Waals surface area contributed by atoms with E-state index < -0.39 is 58.1 Å². The van der Waals surface area contributed by atoms with Gasteiger partial charge in [0, 0.05) is 7.05 Å². The molecule has 0 saturated carbocycles. The molecule has 2 rings (SSSR count). The number of carbonyl (C=O) groups is 2. The molecule has 0 atom stereocenters. The zero-order valence-electron chi connectivity index (χ0n) is 13.8. The molecule has 0 unspecified atom stereocenters. The lowest BCUT2D eigenvalue weighted by Gasteiger charge is -2.20. The van der Waals surface area contributed by atoms with Crippen molar-refractivity contribution in [3.05, 3.63) is 70.3 Å². The molecule has 150 valence electrons. The van der Waals surface area contributed by atoms with E-state index >= 15 is 0 Å². The zero-order chi connectivity index (χ0) is 21.4. The van der Waals surface area contributed by atoms with E-state index in [1.807, 2.05) is 0 Å². The van der Waals surface area contributed by atoms with Gasteiger partial charge in [-0.1, -0.05) is 0 Å². The van der Waals surface area contributed by atoms with Gasteiger partial charge in [0.05, 0.1) is 22.3 Å². The van der Waals surface area contributed by atoms with Gasteiger partial charge in [0.2, 0.25) is 0 Å². The Balaban J connectivity index is 2.53. The Morgan fingerprint density at radius 1 is 0.714 bits per heavy atom. The summed E-state index contributed by atoms with van der Waals surface area (Å²) in [5.74, 6) is -5.90. The SMILES string of the molecule is CN(C(=O)c1cc(F)ccc1C(F)(F)F)C(=O)c1cc(F)ccc1C(F)(F)F. The fourth-order valence-corrected chi connectivity index (χ4v) is 2.33. The molecule has 0 aromatic heterocycles. The number of hydrogen-bond acceptors (Lipinski definition) is 2. The first-order valence-electron chi connectivity index (χ1n) is 7.29. The highest BCUT2D eigenvalue weighted by atomic mass is 19.4. The van der Waals surface area contributed by atoms with Crippen LogP contribution >= 0.6 is 0 Å². The van der Waals surface area contributed by atoms with Gasteiger partial charge in [0.15, 0.2) is 0 Å². The van der Waals surface area contributed by atoms with Crippen LogP contribution in [0.5, 0.6) is 0 Å². The van der Waals surface area contributed by atoms with Crippen molar-refractivity contribution in [1.82, 2.24) is 4.90 Å². The average molecular weight is 411 g/mol. The van der Waals surface area contributed by atoms with Crippen molar-refractivity contribution >= 4 is 11.8 Å². The molecular weight excluding hydrogens is 402 g/mol. The van der Waals surface area contributed by atoms with Crippen molar-refractivity contribution in [3.8, 4) is 0 Å². The first-order chi connectivity index (χ1) is 12.7. The number of alkyl halides is 6. The predicted octanol–water partition coefficient (Wildman–Crippen LogP) is 4.91. The van der Waals surface area contributed by atoms with Crippen molar-refractivity contribution < 1.29 is 44.7 Å². The number of benzene rings is 2. The molecular formula is C17H9F8NO2. The number of halogens is 8. The van der Waals surface area contributed by atoms with Crippen LogP contribution in [0.1, 0.15) is 31.8 Å². The van der Waals surface area contributed by atoms with E-state index in [9.17, 15) is 44.7 Å². The van der Waals surface area contributed by atoms with Gasteiger partial charge in [-0.15, -0.1) is 0 Å². The van der Waals surface area contributed by atoms with E-state index in [2.05, 4.69) is 0 Å². The summed E-state index contributed by atoms with van der Waals surface area (Å²) in [6.07, 6.45) is -10.2. The van der Waals surface area contributed by atoms with Crippen LogP contribution in [0, 0.1) is 11.6 Å². The first kappa shape index (κ1) is 21.3. The average Bonchev–Trinajstić information content (AvgIpc) is 2.57. The summed E-state index contributed by atoms with van der Waals surface area (Å²) < 4.78 is 105. The summed E-state index contributed by atoms with van der Waals surface area (Å²) in [5.41, 5.74) is -5.75. The van der Waals surface area contributed by atoms with Crippen LogP contribution in [0.25, 0.3) is 0 Å². The molecule has 0 bridgehead atoms. The summed E-state index contributed by atoms with van der Waals surface area (Å²) in [4.78, 5) is 24.5. The maximum Gasteiger partial charge on any atom is 0.417 e. The molecule has 0 aliphatic carbocycles. The fraction of sp³-hybridized carbons (Fsp3) is 0.176. The summed E-state index contributed by atoms with van der Waals surface area (Å²) in [6, 6.07) is 1.76. The second-order valence-corrected chi connectivity index (χ2v) is 5.54. The third-order valence-electron chi connectivity index (χ3n) is 3.64. The monoisotopic (exact) mass is 411 g/mol. The lowest BCUT2D eigenvalue weighted by atomic mass is 10.0. The van der Waals surface area contributed by atoms with Gasteiger partial charge in [0.25, 0.3) is 11.8 Å². The predicted molar refractivity (Wildman–Crippen MR) is 79.2 cm³/mol. The van der Waals surface area contributed by atoms with E-state index in [1.165, 1.54) is 0 Å². The number of amides is 2. The molecule has 3 nitrogen and oxygen atoms in total. The highest BCUT2D eigenvalue weighted by molar-refractivity contribution is 6.11. The van der Waals surface area contributed by atoms with Crippen LogP contribution in [0.4, 0.5) is 35.1 Å². The minimum absolute atomic E-state index is 0.0754. The third kappa shape index (κ3) is 4.29. The van der Waals surface area contributed by atoms with Crippen molar-refractivity contribution in [2.75, 3.05) is 7.05 Å². The molecule has 11 heteroatoms. The smallest absolute Gasteiger partial charge is 0.277 e. The zero-order valence-corrected chi connectivity index (χ0v) is 13.8. The quantitative estimate of drug-likeness (QED) is 0.520. The molecule has 2 amide bonds. The van der Waals surface area contributed by atoms with Crippen LogP contribution in [0.3, 0.4) is 0 Å². The Morgan fingerprint density at radius 2 is 1.04 bits per heavy atom. The van der Waals surface area contributed by atoms with Crippen LogP contribution < -0.4 is 0 Å². The van der Waals surface area contributed by atoms with Gasteiger partial charge in [-0.25, -0.2) is 8.78 Å². The number of rotatable bonds is 2. The van der Waals surface area contributed by atoms with Gasteiger partial charge in [-0.05, 0) is 36.4 Å². The maximum absolute atomic E-state index is 13.3. The largest absolute Gasteiger partial charge is 0.417 e. The van der Waals surface area contributed by atoms with Crippen LogP contribution in [0.2, 0.25) is 0 Å². The van der Waals surface area contributed by atoms with Gasteiger partial charge < -0.3 is 0 Å². The standard InChI is InChI=1S/C17H9F8NO2/c1-26(14(27)10-6-8(18)2-4-12(10)16(20,21)22)15(28)11-7-9(19)3-5-13(11)17(23,24)25/h2-7H,1H3. The number of nitrogens with zero attached hydrogens (tertiary/aromatic N) is 1. The molecule has 28 heavy (non-hydrogen) atoms. The first-order valence-corrected chi connectivity index (χ1v) is 7.29. The molecule has 0 aliphatic rings. The van der Waals surface area contributed by atoms with Gasteiger partial charge in [-0.2, -0.15) is 26.3 Å². The van der Waals surface area contributed by atoms with Crippen molar-refractivity contribution in [1.29, 1.82) is 0 Å². The van der Waals surface area contributed by atoms with E-state index in [-0.39, 0.29) is 29.2 Å². The lowest BCUT2D eigenvalue weighted by molar-refractivity contribution is -0.138. The fourth-order valence-electron chi connectivity index (χ4n) is 2.33. The van der Waals surface area contributed by atoms with Crippen LogP contribution in [-0.2, 0) is 12.4 Å². The third-order valence-corrected chi connectivity index (χ3v) is 3.64. The number of imide groups is 1. The second kappa shape index (κ2) is 7.21. The van der Waals surface area contributed by atoms with Gasteiger partial charge in [-0.3, -0.25) is 14.5 Å². The topological polar surface area (TPSA) is 37.4 Å². The Hall–Kier alpha value is -2.98. The van der Waals surface area contributed by atoms with Crippen molar-refractivity contribution in [2.24, 2.45) is 0 Å².